The molecule has 0 aliphatic carbocycles. The summed E-state index contributed by atoms with van der Waals surface area (Å²) in [5.74, 6) is 0. The van der Waals surface area contributed by atoms with Crippen LogP contribution in [0.3, 0.4) is 0 Å². The molecule has 1 aliphatic rings. The summed E-state index contributed by atoms with van der Waals surface area (Å²) in [5, 5.41) is 4.48. The van der Waals surface area contributed by atoms with Gasteiger partial charge in [0.25, 0.3) is 0 Å². The van der Waals surface area contributed by atoms with Crippen molar-refractivity contribution in [1.29, 1.82) is 0 Å². The van der Waals surface area contributed by atoms with Crippen LogP contribution in [0.25, 0.3) is 0 Å². The topological polar surface area (TPSA) is 39.4 Å². The second-order valence-electron chi connectivity index (χ2n) is 2.28. The van der Waals surface area contributed by atoms with E-state index in [1.54, 1.807) is 24.5 Å². The lowest BCUT2D eigenvalue weighted by Gasteiger charge is -1.94. The van der Waals surface area contributed by atoms with Crippen LogP contribution >= 0.6 is 11.6 Å². The van der Waals surface area contributed by atoms with Gasteiger partial charge in [0.05, 0.1) is 16.9 Å². The largest absolute Gasteiger partial charge is 0.253 e. The monoisotopic (exact) mass is 178 g/mol. The van der Waals surface area contributed by atoms with Gasteiger partial charge in [0.15, 0.2) is 0 Å². The quantitative estimate of drug-likeness (QED) is 0.644. The Morgan fingerprint density at radius 2 is 2.17 bits per heavy atom. The Labute approximate surface area is 74.8 Å². The van der Waals surface area contributed by atoms with Gasteiger partial charge in [-0.3, -0.25) is 4.98 Å². The van der Waals surface area contributed by atoms with Crippen molar-refractivity contribution in [3.05, 3.63) is 41.3 Å². The van der Waals surface area contributed by atoms with E-state index in [4.69, 9.17) is 11.6 Å². The van der Waals surface area contributed by atoms with Gasteiger partial charge in [0.2, 0.25) is 0 Å². The number of hydrogen-bond acceptors (Lipinski definition) is 2. The molecule has 0 atom stereocenters. The first kappa shape index (κ1) is 7.31. The molecule has 0 spiro atoms. The zero-order chi connectivity index (χ0) is 8.39. The molecular formula is C8H5ClN3. The molecule has 0 unspecified atom stereocenters. The summed E-state index contributed by atoms with van der Waals surface area (Å²) in [4.78, 5) is 4.09. The van der Waals surface area contributed by atoms with Crippen LogP contribution in [0.1, 0.15) is 5.69 Å². The third kappa shape index (κ3) is 1.31. The van der Waals surface area contributed by atoms with E-state index in [0.717, 1.165) is 11.4 Å². The van der Waals surface area contributed by atoms with Gasteiger partial charge in [-0.15, -0.1) is 5.10 Å². The molecule has 0 amide bonds. The van der Waals surface area contributed by atoms with Crippen LogP contribution in [0.15, 0.2) is 35.7 Å². The highest BCUT2D eigenvalue weighted by atomic mass is 35.5. The van der Waals surface area contributed by atoms with E-state index in [-0.39, 0.29) is 0 Å². The van der Waals surface area contributed by atoms with Crippen molar-refractivity contribution in [3.63, 3.8) is 0 Å². The van der Waals surface area contributed by atoms with E-state index in [9.17, 15) is 0 Å². The molecule has 1 aromatic rings. The molecule has 1 aromatic heterocycles. The Hall–Kier alpha value is -1.35. The molecular weight excluding hydrogens is 174 g/mol. The predicted molar refractivity (Wildman–Crippen MR) is 47.1 cm³/mol. The molecule has 0 saturated carbocycles. The Bertz CT molecular complexity index is 340. The maximum atomic E-state index is 5.67. The lowest BCUT2D eigenvalue weighted by Crippen LogP contribution is -1.97. The Morgan fingerprint density at radius 1 is 1.25 bits per heavy atom. The van der Waals surface area contributed by atoms with E-state index < -0.39 is 0 Å². The summed E-state index contributed by atoms with van der Waals surface area (Å²) < 4.78 is 0. The van der Waals surface area contributed by atoms with Gasteiger partial charge < -0.3 is 0 Å². The van der Waals surface area contributed by atoms with E-state index >= 15 is 0 Å². The van der Waals surface area contributed by atoms with Crippen molar-refractivity contribution < 1.29 is 0 Å². The minimum Gasteiger partial charge on any atom is -0.253 e. The number of allylic oxidation sites excluding steroid dienone is 1. The van der Waals surface area contributed by atoms with Crippen LogP contribution < -0.4 is 5.43 Å². The van der Waals surface area contributed by atoms with Gasteiger partial charge in [0.1, 0.15) is 5.71 Å². The summed E-state index contributed by atoms with van der Waals surface area (Å²) in [6.45, 7) is 0. The Kier molecular flexibility index (Phi) is 1.80. The first-order valence-electron chi connectivity index (χ1n) is 3.42. The fourth-order valence-corrected chi connectivity index (χ4v) is 1.01. The molecule has 4 heteroatoms. The summed E-state index contributed by atoms with van der Waals surface area (Å²) in [7, 11) is 0. The number of nitrogens with zero attached hydrogens (tertiary/aromatic N) is 3. The third-order valence-corrected chi connectivity index (χ3v) is 1.68. The van der Waals surface area contributed by atoms with Gasteiger partial charge in [-0.2, -0.15) is 5.43 Å². The molecule has 3 nitrogen and oxygen atoms in total. The van der Waals surface area contributed by atoms with Gasteiger partial charge in [-0.1, -0.05) is 11.6 Å². The fraction of sp³-hybridized carbons (Fsp3) is 0. The standard InChI is InChI=1S/C8H5ClN3/c9-6-1-2-7(10-5-6)8-3-4-11-12-8/h1-5H. The number of pyridine rings is 1. The van der Waals surface area contributed by atoms with Crippen LogP contribution in [0.5, 0.6) is 0 Å². The van der Waals surface area contributed by atoms with Crippen molar-refractivity contribution in [1.82, 2.24) is 10.4 Å². The van der Waals surface area contributed by atoms with Crippen LogP contribution in [0.2, 0.25) is 5.02 Å². The highest BCUT2D eigenvalue weighted by molar-refractivity contribution is 6.30. The normalized spacial score (nSPS) is 14.2. The molecule has 0 aromatic carbocycles. The van der Waals surface area contributed by atoms with E-state index in [1.807, 2.05) is 6.07 Å². The van der Waals surface area contributed by atoms with Gasteiger partial charge in [-0.25, -0.2) is 0 Å². The Morgan fingerprint density at radius 3 is 2.75 bits per heavy atom. The van der Waals surface area contributed by atoms with Crippen molar-refractivity contribution in [2.45, 2.75) is 0 Å². The highest BCUT2D eigenvalue weighted by Gasteiger charge is 2.04. The first-order valence-corrected chi connectivity index (χ1v) is 3.80. The minimum atomic E-state index is 0.623. The van der Waals surface area contributed by atoms with Crippen molar-refractivity contribution in [3.8, 4) is 0 Å². The second-order valence-corrected chi connectivity index (χ2v) is 2.71. The molecule has 0 fully saturated rings. The second kappa shape index (κ2) is 2.95. The SMILES string of the molecule is Clc1ccc(C2=N[N]C=C2)nc1. The van der Waals surface area contributed by atoms with Crippen molar-refractivity contribution in [2.75, 3.05) is 0 Å². The summed E-state index contributed by atoms with van der Waals surface area (Å²) in [5.41, 5.74) is 5.26. The maximum Gasteiger partial charge on any atom is 0.113 e. The minimum absolute atomic E-state index is 0.623. The molecule has 0 N–H and O–H groups in total. The number of rotatable bonds is 1. The zero-order valence-electron chi connectivity index (χ0n) is 6.11. The number of aromatic nitrogens is 1. The van der Waals surface area contributed by atoms with Crippen molar-refractivity contribution >= 4 is 17.3 Å². The summed E-state index contributed by atoms with van der Waals surface area (Å²) >= 11 is 5.67. The van der Waals surface area contributed by atoms with Crippen LogP contribution in [-0.4, -0.2) is 10.7 Å². The summed E-state index contributed by atoms with van der Waals surface area (Å²) in [6.07, 6.45) is 5.02. The fourth-order valence-electron chi connectivity index (χ4n) is 0.897. The number of hydrogen-bond donors (Lipinski definition) is 0. The zero-order valence-corrected chi connectivity index (χ0v) is 6.86. The highest BCUT2D eigenvalue weighted by Crippen LogP contribution is 2.08. The average Bonchev–Trinajstić information content (AvgIpc) is 2.58. The van der Waals surface area contributed by atoms with Gasteiger partial charge >= 0.3 is 0 Å². The smallest absolute Gasteiger partial charge is 0.113 e. The molecule has 12 heavy (non-hydrogen) atoms. The predicted octanol–water partition coefficient (Wildman–Crippen LogP) is 1.57. The molecule has 2 heterocycles. The van der Waals surface area contributed by atoms with Gasteiger partial charge in [0, 0.05) is 6.20 Å². The maximum absolute atomic E-state index is 5.67. The molecule has 59 valence electrons. The molecule has 0 bridgehead atoms. The van der Waals surface area contributed by atoms with E-state index in [1.165, 1.54) is 0 Å². The third-order valence-electron chi connectivity index (χ3n) is 1.45. The first-order chi connectivity index (χ1) is 5.86. The number of halogens is 1. The lowest BCUT2D eigenvalue weighted by molar-refractivity contribution is 0.970. The van der Waals surface area contributed by atoms with Gasteiger partial charge in [-0.05, 0) is 18.2 Å². The van der Waals surface area contributed by atoms with Crippen LogP contribution in [0.4, 0.5) is 0 Å². The molecule has 2 rings (SSSR count). The molecule has 1 radical (unpaired) electrons. The van der Waals surface area contributed by atoms with E-state index in [2.05, 4.69) is 15.5 Å². The molecule has 0 saturated heterocycles. The lowest BCUT2D eigenvalue weighted by atomic mass is 10.2. The Balaban J connectivity index is 2.35. The average molecular weight is 179 g/mol. The summed E-state index contributed by atoms with van der Waals surface area (Å²) in [6, 6.07) is 3.59. The van der Waals surface area contributed by atoms with Crippen LogP contribution in [0, 0.1) is 0 Å². The van der Waals surface area contributed by atoms with Crippen LogP contribution in [-0.2, 0) is 0 Å². The van der Waals surface area contributed by atoms with E-state index in [0.29, 0.717) is 5.02 Å². The molecule has 1 aliphatic heterocycles. The van der Waals surface area contributed by atoms with Crippen molar-refractivity contribution in [2.24, 2.45) is 5.10 Å².